The average Bonchev–Trinajstić information content (AvgIpc) is 2.94. The standard InChI is InChI=1S/C15H19N3OS/c1-3-13-9-17-14(20-13)10-18(2)15(19)12-6-4-11(8-16)5-7-12/h4-7,9H,3,8,10,16H2,1-2H3. The van der Waals surface area contributed by atoms with Gasteiger partial charge in [-0.2, -0.15) is 0 Å². The second-order valence-corrected chi connectivity index (χ2v) is 5.84. The number of aromatic nitrogens is 1. The maximum atomic E-state index is 12.3. The molecule has 1 aromatic heterocycles. The predicted octanol–water partition coefficient (Wildman–Crippen LogP) is 2.44. The van der Waals surface area contributed by atoms with Crippen molar-refractivity contribution in [2.24, 2.45) is 5.73 Å². The summed E-state index contributed by atoms with van der Waals surface area (Å²) >= 11 is 1.66. The van der Waals surface area contributed by atoms with Gasteiger partial charge < -0.3 is 10.6 Å². The summed E-state index contributed by atoms with van der Waals surface area (Å²) in [6.45, 7) is 3.14. The third-order valence-corrected chi connectivity index (χ3v) is 4.23. The second-order valence-electron chi connectivity index (χ2n) is 4.64. The van der Waals surface area contributed by atoms with Crippen LogP contribution in [0.2, 0.25) is 0 Å². The number of hydrogen-bond acceptors (Lipinski definition) is 4. The van der Waals surface area contributed by atoms with Gasteiger partial charge in [-0.1, -0.05) is 19.1 Å². The topological polar surface area (TPSA) is 59.2 Å². The van der Waals surface area contributed by atoms with Crippen molar-refractivity contribution in [3.63, 3.8) is 0 Å². The number of aryl methyl sites for hydroxylation is 1. The minimum atomic E-state index is 0.00169. The molecule has 1 heterocycles. The van der Waals surface area contributed by atoms with Gasteiger partial charge in [0.1, 0.15) is 5.01 Å². The quantitative estimate of drug-likeness (QED) is 0.919. The molecular formula is C15H19N3OS. The fraction of sp³-hybridized carbons (Fsp3) is 0.333. The molecule has 0 aliphatic rings. The number of rotatable bonds is 5. The molecule has 0 bridgehead atoms. The van der Waals surface area contributed by atoms with E-state index in [-0.39, 0.29) is 5.91 Å². The molecule has 1 aromatic carbocycles. The van der Waals surface area contributed by atoms with E-state index in [2.05, 4.69) is 11.9 Å². The van der Waals surface area contributed by atoms with E-state index in [4.69, 9.17) is 5.73 Å². The molecular weight excluding hydrogens is 270 g/mol. The number of amides is 1. The third-order valence-electron chi connectivity index (χ3n) is 3.11. The second kappa shape index (κ2) is 6.63. The number of nitrogens with zero attached hydrogens (tertiary/aromatic N) is 2. The van der Waals surface area contributed by atoms with E-state index in [1.165, 1.54) is 4.88 Å². The van der Waals surface area contributed by atoms with Crippen LogP contribution in [-0.2, 0) is 19.5 Å². The van der Waals surface area contributed by atoms with E-state index in [9.17, 15) is 4.79 Å². The minimum Gasteiger partial charge on any atom is -0.335 e. The van der Waals surface area contributed by atoms with E-state index in [0.717, 1.165) is 17.0 Å². The van der Waals surface area contributed by atoms with Crippen molar-refractivity contribution >= 4 is 17.2 Å². The van der Waals surface area contributed by atoms with Crippen LogP contribution < -0.4 is 5.73 Å². The average molecular weight is 289 g/mol. The smallest absolute Gasteiger partial charge is 0.253 e. The molecule has 0 unspecified atom stereocenters. The summed E-state index contributed by atoms with van der Waals surface area (Å²) in [5.41, 5.74) is 7.25. The summed E-state index contributed by atoms with van der Waals surface area (Å²) in [6, 6.07) is 7.42. The Balaban J connectivity index is 2.03. The van der Waals surface area contributed by atoms with Gasteiger partial charge in [-0.3, -0.25) is 4.79 Å². The third kappa shape index (κ3) is 3.43. The number of carbonyl (C=O) groups excluding carboxylic acids is 1. The van der Waals surface area contributed by atoms with E-state index >= 15 is 0 Å². The predicted molar refractivity (Wildman–Crippen MR) is 81.6 cm³/mol. The summed E-state index contributed by atoms with van der Waals surface area (Å²) in [5, 5.41) is 0.969. The molecule has 1 amide bonds. The van der Waals surface area contributed by atoms with Crippen molar-refractivity contribution < 1.29 is 4.79 Å². The lowest BCUT2D eigenvalue weighted by atomic mass is 10.1. The van der Waals surface area contributed by atoms with Crippen LogP contribution in [0.1, 0.15) is 32.7 Å². The first-order chi connectivity index (χ1) is 9.63. The maximum absolute atomic E-state index is 12.3. The molecule has 5 heteroatoms. The van der Waals surface area contributed by atoms with Crippen molar-refractivity contribution in [2.75, 3.05) is 7.05 Å². The van der Waals surface area contributed by atoms with Gasteiger partial charge in [0.15, 0.2) is 0 Å². The first kappa shape index (κ1) is 14.7. The summed E-state index contributed by atoms with van der Waals surface area (Å²) in [4.78, 5) is 19.6. The molecule has 0 saturated carbocycles. The Morgan fingerprint density at radius 3 is 2.60 bits per heavy atom. The molecule has 4 nitrogen and oxygen atoms in total. The van der Waals surface area contributed by atoms with Crippen LogP contribution in [0.25, 0.3) is 0 Å². The van der Waals surface area contributed by atoms with Gasteiger partial charge in [0.05, 0.1) is 6.54 Å². The maximum Gasteiger partial charge on any atom is 0.253 e. The summed E-state index contributed by atoms with van der Waals surface area (Å²) in [5.74, 6) is 0.00169. The largest absolute Gasteiger partial charge is 0.335 e. The molecule has 0 atom stereocenters. The number of carbonyl (C=O) groups is 1. The molecule has 2 aromatic rings. The molecule has 2 rings (SSSR count). The lowest BCUT2D eigenvalue weighted by Gasteiger charge is -2.15. The molecule has 0 aliphatic heterocycles. The van der Waals surface area contributed by atoms with Gasteiger partial charge in [-0.25, -0.2) is 4.98 Å². The van der Waals surface area contributed by atoms with Crippen LogP contribution >= 0.6 is 11.3 Å². The van der Waals surface area contributed by atoms with E-state index in [1.54, 1.807) is 23.3 Å². The zero-order valence-corrected chi connectivity index (χ0v) is 12.6. The van der Waals surface area contributed by atoms with Crippen molar-refractivity contribution in [2.45, 2.75) is 26.4 Å². The number of nitrogens with two attached hydrogens (primary N) is 1. The first-order valence-corrected chi connectivity index (χ1v) is 7.43. The minimum absolute atomic E-state index is 0.00169. The number of benzene rings is 1. The van der Waals surface area contributed by atoms with Gasteiger partial charge in [-0.05, 0) is 24.1 Å². The first-order valence-electron chi connectivity index (χ1n) is 6.62. The summed E-state index contributed by atoms with van der Waals surface area (Å²) in [7, 11) is 1.80. The van der Waals surface area contributed by atoms with Crippen molar-refractivity contribution in [3.05, 3.63) is 51.5 Å². The van der Waals surface area contributed by atoms with Crippen LogP contribution in [0.3, 0.4) is 0 Å². The van der Waals surface area contributed by atoms with Crippen molar-refractivity contribution in [1.82, 2.24) is 9.88 Å². The van der Waals surface area contributed by atoms with Crippen LogP contribution in [0.15, 0.2) is 30.5 Å². The Bertz CT molecular complexity index is 577. The molecule has 2 N–H and O–H groups in total. The summed E-state index contributed by atoms with van der Waals surface area (Å²) < 4.78 is 0. The van der Waals surface area contributed by atoms with Crippen LogP contribution in [0, 0.1) is 0 Å². The highest BCUT2D eigenvalue weighted by Gasteiger charge is 2.13. The van der Waals surface area contributed by atoms with Crippen LogP contribution in [0.5, 0.6) is 0 Å². The Morgan fingerprint density at radius 2 is 2.05 bits per heavy atom. The van der Waals surface area contributed by atoms with Crippen molar-refractivity contribution in [3.8, 4) is 0 Å². The van der Waals surface area contributed by atoms with Crippen LogP contribution in [-0.4, -0.2) is 22.8 Å². The van der Waals surface area contributed by atoms with E-state index < -0.39 is 0 Å². The van der Waals surface area contributed by atoms with Gasteiger partial charge in [0.25, 0.3) is 5.91 Å². The van der Waals surface area contributed by atoms with Crippen molar-refractivity contribution in [1.29, 1.82) is 0 Å². The normalized spacial score (nSPS) is 10.6. The SMILES string of the molecule is CCc1cnc(CN(C)C(=O)c2ccc(CN)cc2)s1. The molecule has 106 valence electrons. The molecule has 0 saturated heterocycles. The Hall–Kier alpha value is -1.72. The summed E-state index contributed by atoms with van der Waals surface area (Å²) in [6.07, 6.45) is 2.87. The zero-order valence-electron chi connectivity index (χ0n) is 11.8. The molecule has 0 aliphatic carbocycles. The molecule has 0 radical (unpaired) electrons. The fourth-order valence-corrected chi connectivity index (χ4v) is 2.78. The number of thiazole rings is 1. The lowest BCUT2D eigenvalue weighted by molar-refractivity contribution is 0.0785. The monoisotopic (exact) mass is 289 g/mol. The van der Waals surface area contributed by atoms with E-state index in [0.29, 0.717) is 18.7 Å². The molecule has 20 heavy (non-hydrogen) atoms. The van der Waals surface area contributed by atoms with Gasteiger partial charge in [0, 0.05) is 30.2 Å². The molecule has 0 fully saturated rings. The highest BCUT2D eigenvalue weighted by molar-refractivity contribution is 7.11. The molecule has 0 spiro atoms. The van der Waals surface area contributed by atoms with Gasteiger partial charge >= 0.3 is 0 Å². The lowest BCUT2D eigenvalue weighted by Crippen LogP contribution is -2.26. The van der Waals surface area contributed by atoms with E-state index in [1.807, 2.05) is 30.5 Å². The zero-order chi connectivity index (χ0) is 14.5. The van der Waals surface area contributed by atoms with Crippen LogP contribution in [0.4, 0.5) is 0 Å². The van der Waals surface area contributed by atoms with Gasteiger partial charge in [0.2, 0.25) is 0 Å². The highest BCUT2D eigenvalue weighted by atomic mass is 32.1. The van der Waals surface area contributed by atoms with Gasteiger partial charge in [-0.15, -0.1) is 11.3 Å². The number of hydrogen-bond donors (Lipinski definition) is 1. The fourth-order valence-electron chi connectivity index (χ4n) is 1.86. The Labute approximate surface area is 123 Å². The Morgan fingerprint density at radius 1 is 1.35 bits per heavy atom. The Kier molecular flexibility index (Phi) is 4.87. The highest BCUT2D eigenvalue weighted by Crippen LogP contribution is 2.16.